The zero-order chi connectivity index (χ0) is 28.9. The van der Waals surface area contributed by atoms with E-state index < -0.39 is 0 Å². The molecule has 5 N–H and O–H groups in total. The first kappa shape index (κ1) is 30.7. The van der Waals surface area contributed by atoms with E-state index >= 15 is 0 Å². The SMILES string of the molecule is C=C1C=CC=C/C1=N/C(NSc1cccc(NC(=O)c2cccs2)c1)=C(\C)NC1=CC(N)CC(OC)=C1.CCC. The Kier molecular flexibility index (Phi) is 12.1. The maximum atomic E-state index is 12.4. The topological polar surface area (TPSA) is 101 Å². The lowest BCUT2D eigenvalue weighted by molar-refractivity contribution is 0.103. The van der Waals surface area contributed by atoms with Crippen LogP contribution in [0.5, 0.6) is 0 Å². The highest BCUT2D eigenvalue weighted by molar-refractivity contribution is 7.97. The number of nitrogens with one attached hydrogen (secondary N) is 3. The zero-order valence-corrected chi connectivity index (χ0v) is 25.0. The monoisotopic (exact) mass is 575 g/mol. The van der Waals surface area contributed by atoms with E-state index in [0.717, 1.165) is 33.3 Å². The molecule has 1 unspecified atom stereocenters. The molecule has 210 valence electrons. The van der Waals surface area contributed by atoms with Gasteiger partial charge >= 0.3 is 0 Å². The Morgan fingerprint density at radius 3 is 2.67 bits per heavy atom. The van der Waals surface area contributed by atoms with Crippen molar-refractivity contribution >= 4 is 40.6 Å². The molecule has 40 heavy (non-hydrogen) atoms. The van der Waals surface area contributed by atoms with Crippen LogP contribution in [0.25, 0.3) is 0 Å². The number of benzene rings is 1. The fraction of sp³-hybridized carbons (Fsp3) is 0.226. The van der Waals surface area contributed by atoms with Gasteiger partial charge in [-0.05, 0) is 72.3 Å². The molecule has 2 aromatic rings. The Hall–Kier alpha value is -3.79. The third-order valence-electron chi connectivity index (χ3n) is 5.42. The average Bonchev–Trinajstić information content (AvgIpc) is 3.48. The second kappa shape index (κ2) is 15.7. The molecule has 1 atom stereocenters. The lowest BCUT2D eigenvalue weighted by Gasteiger charge is -2.20. The fourth-order valence-corrected chi connectivity index (χ4v) is 4.93. The number of thiophene rings is 1. The van der Waals surface area contributed by atoms with Crippen molar-refractivity contribution < 1.29 is 9.53 Å². The third kappa shape index (κ3) is 9.44. The van der Waals surface area contributed by atoms with Crippen molar-refractivity contribution in [1.29, 1.82) is 0 Å². The predicted octanol–water partition coefficient (Wildman–Crippen LogP) is 7.06. The molecule has 0 bridgehead atoms. The van der Waals surface area contributed by atoms with Crippen molar-refractivity contribution in [2.75, 3.05) is 12.4 Å². The molecule has 2 aliphatic carbocycles. The maximum Gasteiger partial charge on any atom is 0.265 e. The van der Waals surface area contributed by atoms with Gasteiger partial charge < -0.3 is 25.8 Å². The summed E-state index contributed by atoms with van der Waals surface area (Å²) >= 11 is 2.80. The minimum atomic E-state index is -0.134. The van der Waals surface area contributed by atoms with E-state index in [-0.39, 0.29) is 11.9 Å². The van der Waals surface area contributed by atoms with Gasteiger partial charge in [-0.1, -0.05) is 57.2 Å². The lowest BCUT2D eigenvalue weighted by atomic mass is 10.1. The number of rotatable bonds is 9. The van der Waals surface area contributed by atoms with Crippen LogP contribution in [-0.2, 0) is 4.74 Å². The number of anilines is 1. The minimum Gasteiger partial charge on any atom is -0.501 e. The van der Waals surface area contributed by atoms with Crippen molar-refractivity contribution in [1.82, 2.24) is 10.0 Å². The van der Waals surface area contributed by atoms with Crippen molar-refractivity contribution in [2.24, 2.45) is 10.7 Å². The van der Waals surface area contributed by atoms with Crippen molar-refractivity contribution in [3.8, 4) is 0 Å². The molecule has 9 heteroatoms. The summed E-state index contributed by atoms with van der Waals surface area (Å²) in [6.45, 7) is 10.3. The molecule has 0 fully saturated rings. The number of methoxy groups -OCH3 is 1. The van der Waals surface area contributed by atoms with Gasteiger partial charge in [-0.15, -0.1) is 11.3 Å². The minimum absolute atomic E-state index is 0.129. The molecule has 4 rings (SSSR count). The van der Waals surface area contributed by atoms with Crippen LogP contribution in [0.2, 0.25) is 0 Å². The van der Waals surface area contributed by atoms with Crippen molar-refractivity contribution in [2.45, 2.75) is 44.6 Å². The first-order valence-corrected chi connectivity index (χ1v) is 14.7. The Labute approximate surface area is 245 Å². The van der Waals surface area contributed by atoms with E-state index in [1.807, 2.05) is 79.1 Å². The van der Waals surface area contributed by atoms with Crippen LogP contribution in [0.1, 0.15) is 43.3 Å². The number of carbonyl (C=O) groups excluding carboxylic acids is 1. The van der Waals surface area contributed by atoms with E-state index in [1.165, 1.54) is 29.7 Å². The van der Waals surface area contributed by atoms with Crippen LogP contribution in [-0.4, -0.2) is 24.8 Å². The number of carbonyl (C=O) groups is 1. The summed E-state index contributed by atoms with van der Waals surface area (Å²) in [5, 5.41) is 8.23. The van der Waals surface area contributed by atoms with Crippen molar-refractivity contribution in [3.05, 3.63) is 118 Å². The Bertz CT molecular complexity index is 1370. The van der Waals surface area contributed by atoms with E-state index in [4.69, 9.17) is 15.5 Å². The molecular weight excluding hydrogens is 539 g/mol. The van der Waals surface area contributed by atoms with E-state index in [1.54, 1.807) is 13.2 Å². The van der Waals surface area contributed by atoms with Crippen molar-refractivity contribution in [3.63, 3.8) is 0 Å². The van der Waals surface area contributed by atoms with Crippen LogP contribution < -0.4 is 21.1 Å². The second-order valence-electron chi connectivity index (χ2n) is 9.01. The Morgan fingerprint density at radius 2 is 1.98 bits per heavy atom. The van der Waals surface area contributed by atoms with Crippen LogP contribution in [0.15, 0.2) is 123 Å². The Morgan fingerprint density at radius 1 is 1.20 bits per heavy atom. The first-order valence-electron chi connectivity index (χ1n) is 13.0. The van der Waals surface area contributed by atoms with Gasteiger partial charge in [0.2, 0.25) is 0 Å². The number of aliphatic imine (C=N–C) groups is 1. The molecule has 0 radical (unpaired) electrons. The van der Waals surface area contributed by atoms with Gasteiger partial charge in [-0.25, -0.2) is 4.99 Å². The molecular formula is C31H37N5O2S2. The molecule has 1 aromatic carbocycles. The molecule has 0 saturated carbocycles. The molecule has 0 saturated heterocycles. The predicted molar refractivity (Wildman–Crippen MR) is 170 cm³/mol. The number of hydrogen-bond acceptors (Lipinski definition) is 8. The molecule has 1 amide bonds. The second-order valence-corrected chi connectivity index (χ2v) is 10.8. The summed E-state index contributed by atoms with van der Waals surface area (Å²) in [6.07, 6.45) is 13.5. The summed E-state index contributed by atoms with van der Waals surface area (Å²) in [4.78, 5) is 18.9. The maximum absolute atomic E-state index is 12.4. The molecule has 0 spiro atoms. The van der Waals surface area contributed by atoms with Crippen LogP contribution >= 0.6 is 23.3 Å². The summed E-state index contributed by atoms with van der Waals surface area (Å²) in [7, 11) is 1.64. The molecule has 1 heterocycles. The van der Waals surface area contributed by atoms with Crippen LogP contribution in [0, 0.1) is 0 Å². The summed E-state index contributed by atoms with van der Waals surface area (Å²) in [5.41, 5.74) is 10.1. The van der Waals surface area contributed by atoms with Gasteiger partial charge in [0.1, 0.15) is 0 Å². The highest BCUT2D eigenvalue weighted by Gasteiger charge is 2.14. The number of hydrogen-bond donors (Lipinski definition) is 4. The Balaban J connectivity index is 0.00000141. The van der Waals surface area contributed by atoms with E-state index in [9.17, 15) is 4.79 Å². The standard InChI is InChI=1S/C28H29N5O2S2.C3H8/c1-18-8-4-5-11-25(18)32-27(19(2)30-22-14-20(29)15-23(16-22)35-3)33-37-24-10-6-9-21(17-24)31-28(34)26-12-7-13-36-26;1-3-2/h4-14,16-17,20,30,33H,1,15,29H2,2-3H3,(H,31,34);3H2,1-2H3/b27-19-,32-25-;. The number of ether oxygens (including phenoxy) is 1. The average molecular weight is 576 g/mol. The van der Waals surface area contributed by atoms with Gasteiger partial charge in [0.05, 0.1) is 29.2 Å². The smallest absolute Gasteiger partial charge is 0.265 e. The third-order valence-corrected chi connectivity index (χ3v) is 7.08. The van der Waals surface area contributed by atoms with E-state index in [0.29, 0.717) is 22.8 Å². The largest absolute Gasteiger partial charge is 0.501 e. The highest BCUT2D eigenvalue weighted by atomic mass is 32.2. The molecule has 0 aliphatic heterocycles. The molecule has 1 aromatic heterocycles. The lowest BCUT2D eigenvalue weighted by Crippen LogP contribution is -2.26. The van der Waals surface area contributed by atoms with Gasteiger partial charge in [-0.2, -0.15) is 0 Å². The van der Waals surface area contributed by atoms with Gasteiger partial charge in [-0.3, -0.25) is 4.79 Å². The normalized spacial score (nSPS) is 17.7. The molecule has 7 nitrogen and oxygen atoms in total. The fourth-order valence-electron chi connectivity index (χ4n) is 3.57. The highest BCUT2D eigenvalue weighted by Crippen LogP contribution is 2.24. The first-order chi connectivity index (χ1) is 19.3. The van der Waals surface area contributed by atoms with Gasteiger partial charge in [0, 0.05) is 28.7 Å². The van der Waals surface area contributed by atoms with Gasteiger partial charge in [0.25, 0.3) is 5.91 Å². The van der Waals surface area contributed by atoms with E-state index in [2.05, 4.69) is 35.8 Å². The summed E-state index contributed by atoms with van der Waals surface area (Å²) < 4.78 is 8.78. The number of allylic oxidation sites excluding steroid dienone is 7. The molecule has 2 aliphatic rings. The quantitative estimate of drug-likeness (QED) is 0.239. The summed E-state index contributed by atoms with van der Waals surface area (Å²) in [5.74, 6) is 1.31. The zero-order valence-electron chi connectivity index (χ0n) is 23.4. The number of amides is 1. The van der Waals surface area contributed by atoms with Crippen LogP contribution in [0.4, 0.5) is 5.69 Å². The van der Waals surface area contributed by atoms with Crippen LogP contribution in [0.3, 0.4) is 0 Å². The number of nitrogens with zero attached hydrogens (tertiary/aromatic N) is 1. The van der Waals surface area contributed by atoms with Gasteiger partial charge in [0.15, 0.2) is 5.82 Å². The summed E-state index contributed by atoms with van der Waals surface area (Å²) in [6, 6.07) is 11.2. The number of nitrogens with two attached hydrogens (primary N) is 1.